The third-order valence-electron chi connectivity index (χ3n) is 1.82. The van der Waals surface area contributed by atoms with Crippen LogP contribution >= 0.6 is 8.81 Å². The minimum atomic E-state index is -1.22. The van der Waals surface area contributed by atoms with E-state index >= 15 is 0 Å². The van der Waals surface area contributed by atoms with Crippen molar-refractivity contribution >= 4 is 8.81 Å². The van der Waals surface area contributed by atoms with Crippen LogP contribution in [-0.4, -0.2) is 18.3 Å². The van der Waals surface area contributed by atoms with Gasteiger partial charge in [0.15, 0.2) is 5.91 Å². The Balaban J connectivity index is 0.000000770. The normalized spacial score (nSPS) is 12.4. The molecule has 17 heavy (non-hydrogen) atoms. The standard InChI is InChI=1S/C10H13F2OP.C2H6O/c1-3-13-14-10(12)8-5-4-7(2)9(11)6-8;1-2-3/h4-6,10,14H,3H2,1-2H3;3H,2H2,1H3. The first-order valence-electron chi connectivity index (χ1n) is 5.45. The molecule has 0 spiro atoms. The monoisotopic (exact) mass is 264 g/mol. The van der Waals surface area contributed by atoms with Gasteiger partial charge in [-0.05, 0) is 38.0 Å². The zero-order valence-electron chi connectivity index (χ0n) is 10.3. The van der Waals surface area contributed by atoms with Crippen molar-refractivity contribution in [2.45, 2.75) is 26.7 Å². The van der Waals surface area contributed by atoms with Crippen LogP contribution in [0.2, 0.25) is 0 Å². The van der Waals surface area contributed by atoms with Gasteiger partial charge in [-0.2, -0.15) is 0 Å². The van der Waals surface area contributed by atoms with Crippen molar-refractivity contribution in [2.75, 3.05) is 13.2 Å². The van der Waals surface area contributed by atoms with E-state index in [2.05, 4.69) is 0 Å². The number of rotatable bonds is 4. The van der Waals surface area contributed by atoms with Crippen molar-refractivity contribution in [2.24, 2.45) is 0 Å². The predicted octanol–water partition coefficient (Wildman–Crippen LogP) is 3.73. The Hall–Kier alpha value is -0.570. The first-order chi connectivity index (χ1) is 8.06. The molecule has 5 heteroatoms. The van der Waals surface area contributed by atoms with E-state index in [-0.39, 0.29) is 21.2 Å². The van der Waals surface area contributed by atoms with E-state index in [0.717, 1.165) is 0 Å². The number of aryl methyl sites for hydroxylation is 1. The molecule has 0 aliphatic carbocycles. The van der Waals surface area contributed by atoms with E-state index in [9.17, 15) is 8.78 Å². The van der Waals surface area contributed by atoms with Crippen LogP contribution < -0.4 is 0 Å². The zero-order chi connectivity index (χ0) is 13.3. The lowest BCUT2D eigenvalue weighted by atomic mass is 10.1. The van der Waals surface area contributed by atoms with Crippen LogP contribution in [-0.2, 0) is 4.52 Å². The lowest BCUT2D eigenvalue weighted by molar-refractivity contribution is 0.318. The molecule has 0 heterocycles. The third kappa shape index (κ3) is 6.67. The van der Waals surface area contributed by atoms with Crippen LogP contribution in [0.1, 0.15) is 30.9 Å². The van der Waals surface area contributed by atoms with Gasteiger partial charge in [-0.3, -0.25) is 0 Å². The highest BCUT2D eigenvalue weighted by molar-refractivity contribution is 7.32. The Morgan fingerprint density at radius 3 is 2.47 bits per heavy atom. The summed E-state index contributed by atoms with van der Waals surface area (Å²) in [6.07, 6.45) is 0. The quantitative estimate of drug-likeness (QED) is 0.840. The van der Waals surface area contributed by atoms with Crippen molar-refractivity contribution in [3.05, 3.63) is 35.1 Å². The number of hydrogen-bond donors (Lipinski definition) is 1. The largest absolute Gasteiger partial charge is 0.397 e. The van der Waals surface area contributed by atoms with E-state index in [1.807, 2.05) is 0 Å². The Kier molecular flexibility index (Phi) is 9.14. The van der Waals surface area contributed by atoms with Gasteiger partial charge in [-0.1, -0.05) is 12.1 Å². The van der Waals surface area contributed by atoms with Crippen LogP contribution in [0.25, 0.3) is 0 Å². The lowest BCUT2D eigenvalue weighted by Gasteiger charge is -2.08. The molecule has 0 aliphatic rings. The molecule has 0 aliphatic heterocycles. The molecule has 0 bridgehead atoms. The van der Waals surface area contributed by atoms with E-state index < -0.39 is 5.91 Å². The maximum atomic E-state index is 13.4. The second-order valence-electron chi connectivity index (χ2n) is 3.24. The van der Waals surface area contributed by atoms with Gasteiger partial charge < -0.3 is 9.63 Å². The molecule has 0 aromatic heterocycles. The molecular formula is C12H19F2O2P. The van der Waals surface area contributed by atoms with Crippen molar-refractivity contribution in [1.82, 2.24) is 0 Å². The van der Waals surface area contributed by atoms with Crippen molar-refractivity contribution in [1.29, 1.82) is 0 Å². The highest BCUT2D eigenvalue weighted by Gasteiger charge is 2.11. The molecule has 2 unspecified atom stereocenters. The van der Waals surface area contributed by atoms with Crippen LogP contribution in [0.4, 0.5) is 8.78 Å². The summed E-state index contributed by atoms with van der Waals surface area (Å²) >= 11 is 0. The molecular weight excluding hydrogens is 245 g/mol. The van der Waals surface area contributed by atoms with Gasteiger partial charge in [-0.25, -0.2) is 8.78 Å². The molecule has 1 N–H and O–H groups in total. The summed E-state index contributed by atoms with van der Waals surface area (Å²) in [5.74, 6) is -1.59. The zero-order valence-corrected chi connectivity index (χ0v) is 11.3. The summed E-state index contributed by atoms with van der Waals surface area (Å²) in [7, 11) is -0.257. The fourth-order valence-corrected chi connectivity index (χ4v) is 1.62. The lowest BCUT2D eigenvalue weighted by Crippen LogP contribution is -1.90. The first-order valence-corrected chi connectivity index (χ1v) is 6.43. The number of alkyl halides is 1. The minimum absolute atomic E-state index is 0.250. The molecule has 1 aromatic carbocycles. The van der Waals surface area contributed by atoms with Gasteiger partial charge in [0.2, 0.25) is 0 Å². The average Bonchev–Trinajstić information content (AvgIpc) is 2.30. The number of aliphatic hydroxyl groups is 1. The Morgan fingerprint density at radius 2 is 2.00 bits per heavy atom. The summed E-state index contributed by atoms with van der Waals surface area (Å²) in [6.45, 7) is 5.86. The second-order valence-corrected chi connectivity index (χ2v) is 4.27. The van der Waals surface area contributed by atoms with Crippen LogP contribution in [0.15, 0.2) is 18.2 Å². The first kappa shape index (κ1) is 16.4. The minimum Gasteiger partial charge on any atom is -0.397 e. The predicted molar refractivity (Wildman–Crippen MR) is 67.7 cm³/mol. The van der Waals surface area contributed by atoms with Crippen LogP contribution in [0.3, 0.4) is 0 Å². The molecule has 0 fully saturated rings. The van der Waals surface area contributed by atoms with Gasteiger partial charge >= 0.3 is 0 Å². The SMILES string of the molecule is CCO.CCOPC(F)c1ccc(C)c(F)c1. The van der Waals surface area contributed by atoms with Crippen LogP contribution in [0, 0.1) is 12.7 Å². The highest BCUT2D eigenvalue weighted by atomic mass is 31.1. The fraction of sp³-hybridized carbons (Fsp3) is 0.500. The van der Waals surface area contributed by atoms with Gasteiger partial charge in [-0.15, -0.1) is 0 Å². The Labute approximate surface area is 103 Å². The summed E-state index contributed by atoms with van der Waals surface area (Å²) in [5.41, 5.74) is 0.876. The number of benzene rings is 1. The second kappa shape index (κ2) is 9.46. The van der Waals surface area contributed by atoms with Gasteiger partial charge in [0.05, 0.1) is 8.81 Å². The number of hydrogen-bond acceptors (Lipinski definition) is 2. The molecule has 2 nitrogen and oxygen atoms in total. The van der Waals surface area contributed by atoms with E-state index in [0.29, 0.717) is 17.7 Å². The molecule has 1 aromatic rings. The number of halogens is 2. The highest BCUT2D eigenvalue weighted by Crippen LogP contribution is 2.36. The number of aliphatic hydroxyl groups excluding tert-OH is 1. The Bertz CT molecular complexity index is 321. The molecule has 1 rings (SSSR count). The fourth-order valence-electron chi connectivity index (χ4n) is 0.991. The average molecular weight is 264 g/mol. The summed E-state index contributed by atoms with van der Waals surface area (Å²) < 4.78 is 31.4. The molecule has 0 amide bonds. The molecule has 0 saturated heterocycles. The van der Waals surface area contributed by atoms with Gasteiger partial charge in [0, 0.05) is 13.2 Å². The molecule has 0 radical (unpaired) electrons. The van der Waals surface area contributed by atoms with Gasteiger partial charge in [0.25, 0.3) is 0 Å². The van der Waals surface area contributed by atoms with Crippen molar-refractivity contribution in [3.63, 3.8) is 0 Å². The third-order valence-corrected chi connectivity index (χ3v) is 2.82. The van der Waals surface area contributed by atoms with E-state index in [1.165, 1.54) is 6.07 Å². The molecule has 0 saturated carbocycles. The summed E-state index contributed by atoms with van der Waals surface area (Å²) in [5, 5.41) is 7.57. The maximum Gasteiger partial charge on any atom is 0.166 e. The summed E-state index contributed by atoms with van der Waals surface area (Å²) in [6, 6.07) is 4.40. The Morgan fingerprint density at radius 1 is 1.41 bits per heavy atom. The summed E-state index contributed by atoms with van der Waals surface area (Å²) in [4.78, 5) is 0. The van der Waals surface area contributed by atoms with Crippen molar-refractivity contribution in [3.8, 4) is 0 Å². The van der Waals surface area contributed by atoms with E-state index in [1.54, 1.807) is 32.9 Å². The maximum absolute atomic E-state index is 13.4. The molecule has 98 valence electrons. The van der Waals surface area contributed by atoms with Crippen LogP contribution in [0.5, 0.6) is 0 Å². The van der Waals surface area contributed by atoms with E-state index in [4.69, 9.17) is 9.63 Å². The molecule has 2 atom stereocenters. The van der Waals surface area contributed by atoms with Crippen molar-refractivity contribution < 1.29 is 18.4 Å². The topological polar surface area (TPSA) is 29.5 Å². The smallest absolute Gasteiger partial charge is 0.166 e. The van der Waals surface area contributed by atoms with Gasteiger partial charge in [0.1, 0.15) is 5.82 Å².